The van der Waals surface area contributed by atoms with Crippen molar-refractivity contribution < 1.29 is 18.7 Å². The van der Waals surface area contributed by atoms with Crippen molar-refractivity contribution in [1.29, 1.82) is 0 Å². The van der Waals surface area contributed by atoms with E-state index < -0.39 is 6.04 Å². The zero-order chi connectivity index (χ0) is 26.1. The van der Waals surface area contributed by atoms with E-state index in [-0.39, 0.29) is 36.7 Å². The molecule has 0 aliphatic heterocycles. The summed E-state index contributed by atoms with van der Waals surface area (Å²) in [5.41, 5.74) is 3.62. The molecule has 0 heterocycles. The van der Waals surface area contributed by atoms with E-state index in [9.17, 15) is 14.0 Å². The number of nitrogens with one attached hydrogen (secondary N) is 1. The summed E-state index contributed by atoms with van der Waals surface area (Å²) in [5, 5.41) is 2.99. The van der Waals surface area contributed by atoms with E-state index in [0.717, 1.165) is 22.3 Å². The molecule has 0 radical (unpaired) electrons. The Bertz CT molecular complexity index is 1150. The second-order valence-electron chi connectivity index (χ2n) is 9.55. The van der Waals surface area contributed by atoms with Crippen LogP contribution in [-0.2, 0) is 22.6 Å². The highest BCUT2D eigenvalue weighted by atomic mass is 19.1. The number of carbonyl (C=O) groups excluding carboxylic acids is 2. The highest BCUT2D eigenvalue weighted by molar-refractivity contribution is 5.88. The molecule has 2 amide bonds. The molecule has 1 unspecified atom stereocenters. The van der Waals surface area contributed by atoms with E-state index >= 15 is 0 Å². The lowest BCUT2D eigenvalue weighted by Crippen LogP contribution is -2.52. The van der Waals surface area contributed by atoms with Gasteiger partial charge in [0.05, 0.1) is 0 Å². The van der Waals surface area contributed by atoms with Crippen LogP contribution in [-0.4, -0.2) is 35.9 Å². The molecule has 0 saturated heterocycles. The molecule has 0 aromatic heterocycles. The number of nitrogens with zero attached hydrogens (tertiary/aromatic N) is 1. The van der Waals surface area contributed by atoms with E-state index in [1.165, 1.54) is 12.1 Å². The number of hydrogen-bond acceptors (Lipinski definition) is 3. The second kappa shape index (κ2) is 12.9. The molecule has 1 N–H and O–H groups in total. The zero-order valence-corrected chi connectivity index (χ0v) is 21.5. The van der Waals surface area contributed by atoms with Crippen LogP contribution >= 0.6 is 0 Å². The summed E-state index contributed by atoms with van der Waals surface area (Å²) in [6, 6.07) is 20.7. The molecule has 5 nitrogen and oxygen atoms in total. The molecule has 6 heteroatoms. The Balaban J connectivity index is 1.91. The first kappa shape index (κ1) is 26.9. The van der Waals surface area contributed by atoms with Crippen LogP contribution in [0.2, 0.25) is 0 Å². The van der Waals surface area contributed by atoms with Crippen molar-refractivity contribution in [3.8, 4) is 5.75 Å². The number of hydrogen-bond donors (Lipinski definition) is 1. The second-order valence-corrected chi connectivity index (χ2v) is 9.55. The minimum Gasteiger partial charge on any atom is -0.483 e. The van der Waals surface area contributed by atoms with Crippen molar-refractivity contribution in [3.63, 3.8) is 0 Å². The van der Waals surface area contributed by atoms with Gasteiger partial charge in [0, 0.05) is 19.5 Å². The van der Waals surface area contributed by atoms with Crippen molar-refractivity contribution in [3.05, 3.63) is 101 Å². The Morgan fingerprint density at radius 3 is 2.31 bits per heavy atom. The molecule has 3 aromatic carbocycles. The predicted molar refractivity (Wildman–Crippen MR) is 140 cm³/mol. The predicted octanol–water partition coefficient (Wildman–Crippen LogP) is 5.23. The van der Waals surface area contributed by atoms with E-state index in [1.54, 1.807) is 17.0 Å². The average molecular weight is 491 g/mol. The first-order chi connectivity index (χ1) is 17.2. The zero-order valence-electron chi connectivity index (χ0n) is 21.5. The van der Waals surface area contributed by atoms with Crippen LogP contribution in [0.25, 0.3) is 0 Å². The molecule has 0 aliphatic carbocycles. The standard InChI is InChI=1S/C30H35FN2O3/c1-21(2)18-32-30(35)27(17-24-8-6-5-7-9-24)33(19-25-12-14-26(31)15-13-25)29(34)20-36-28-16-22(3)10-11-23(28)4/h5-16,21,27H,17-20H2,1-4H3,(H,32,35). The largest absolute Gasteiger partial charge is 0.483 e. The molecular weight excluding hydrogens is 455 g/mol. The van der Waals surface area contributed by atoms with Crippen molar-refractivity contribution in [2.45, 2.75) is 46.7 Å². The smallest absolute Gasteiger partial charge is 0.261 e. The molecule has 0 bridgehead atoms. The fraction of sp³-hybridized carbons (Fsp3) is 0.333. The first-order valence-electron chi connectivity index (χ1n) is 12.3. The quantitative estimate of drug-likeness (QED) is 0.400. The SMILES string of the molecule is Cc1ccc(C)c(OCC(=O)N(Cc2ccc(F)cc2)C(Cc2ccccc2)C(=O)NCC(C)C)c1. The van der Waals surface area contributed by atoms with E-state index in [2.05, 4.69) is 5.32 Å². The van der Waals surface area contributed by atoms with Crippen LogP contribution in [0.4, 0.5) is 4.39 Å². The van der Waals surface area contributed by atoms with Crippen molar-refractivity contribution in [2.24, 2.45) is 5.92 Å². The van der Waals surface area contributed by atoms with Crippen LogP contribution in [0, 0.1) is 25.6 Å². The Labute approximate surface area is 213 Å². The molecule has 190 valence electrons. The maximum Gasteiger partial charge on any atom is 0.261 e. The number of carbonyl (C=O) groups is 2. The van der Waals surface area contributed by atoms with E-state index in [1.807, 2.05) is 76.2 Å². The first-order valence-corrected chi connectivity index (χ1v) is 12.3. The van der Waals surface area contributed by atoms with E-state index in [0.29, 0.717) is 18.7 Å². The molecule has 1 atom stereocenters. The van der Waals surface area contributed by atoms with Gasteiger partial charge in [0.1, 0.15) is 17.6 Å². The molecule has 0 spiro atoms. The van der Waals surface area contributed by atoms with Gasteiger partial charge in [-0.1, -0.05) is 68.4 Å². The third-order valence-corrected chi connectivity index (χ3v) is 5.92. The molecule has 0 saturated carbocycles. The van der Waals surface area contributed by atoms with Gasteiger partial charge in [-0.25, -0.2) is 4.39 Å². The average Bonchev–Trinajstić information content (AvgIpc) is 2.86. The normalized spacial score (nSPS) is 11.7. The Kier molecular flexibility index (Phi) is 9.62. The van der Waals surface area contributed by atoms with Gasteiger partial charge < -0.3 is 15.0 Å². The molecule has 0 fully saturated rings. The van der Waals surface area contributed by atoms with Crippen molar-refractivity contribution in [1.82, 2.24) is 10.2 Å². The number of halogens is 1. The molecular formula is C30H35FN2O3. The Morgan fingerprint density at radius 1 is 0.944 bits per heavy atom. The summed E-state index contributed by atoms with van der Waals surface area (Å²) in [7, 11) is 0. The lowest BCUT2D eigenvalue weighted by Gasteiger charge is -2.31. The maximum atomic E-state index is 13.6. The van der Waals surface area contributed by atoms with Gasteiger partial charge >= 0.3 is 0 Å². The highest BCUT2D eigenvalue weighted by Crippen LogP contribution is 2.20. The minimum atomic E-state index is -0.758. The summed E-state index contributed by atoms with van der Waals surface area (Å²) in [6.07, 6.45) is 0.348. The maximum absolute atomic E-state index is 13.6. The lowest BCUT2D eigenvalue weighted by molar-refractivity contribution is -0.142. The van der Waals surface area contributed by atoms with Gasteiger partial charge in [0.25, 0.3) is 5.91 Å². The summed E-state index contributed by atoms with van der Waals surface area (Å²) in [5.74, 6) is -0.00448. The number of amides is 2. The summed E-state index contributed by atoms with van der Waals surface area (Å²) < 4.78 is 19.5. The number of rotatable bonds is 11. The fourth-order valence-electron chi connectivity index (χ4n) is 3.85. The summed E-state index contributed by atoms with van der Waals surface area (Å²) >= 11 is 0. The fourth-order valence-corrected chi connectivity index (χ4v) is 3.85. The van der Waals surface area contributed by atoms with Gasteiger partial charge in [0.2, 0.25) is 5.91 Å². The molecule has 0 aliphatic rings. The Morgan fingerprint density at radius 2 is 1.64 bits per heavy atom. The van der Waals surface area contributed by atoms with Crippen LogP contribution < -0.4 is 10.1 Å². The van der Waals surface area contributed by atoms with Gasteiger partial charge in [0.15, 0.2) is 6.61 Å². The summed E-state index contributed by atoms with van der Waals surface area (Å²) in [4.78, 5) is 28.6. The van der Waals surface area contributed by atoms with Crippen LogP contribution in [0.3, 0.4) is 0 Å². The highest BCUT2D eigenvalue weighted by Gasteiger charge is 2.30. The number of aryl methyl sites for hydroxylation is 2. The molecule has 3 rings (SSSR count). The van der Waals surface area contributed by atoms with Crippen molar-refractivity contribution in [2.75, 3.05) is 13.2 Å². The van der Waals surface area contributed by atoms with Gasteiger partial charge in [-0.2, -0.15) is 0 Å². The third-order valence-electron chi connectivity index (χ3n) is 5.92. The van der Waals surface area contributed by atoms with Crippen molar-refractivity contribution >= 4 is 11.8 Å². The van der Waals surface area contributed by atoms with E-state index in [4.69, 9.17) is 4.74 Å². The van der Waals surface area contributed by atoms with Gasteiger partial charge in [-0.15, -0.1) is 0 Å². The Hall–Kier alpha value is -3.67. The van der Waals surface area contributed by atoms with Gasteiger partial charge in [-0.3, -0.25) is 9.59 Å². The van der Waals surface area contributed by atoms with Crippen LogP contribution in [0.5, 0.6) is 5.75 Å². The number of ether oxygens (including phenoxy) is 1. The number of benzene rings is 3. The van der Waals surface area contributed by atoms with Crippen LogP contribution in [0.1, 0.15) is 36.1 Å². The molecule has 36 heavy (non-hydrogen) atoms. The minimum absolute atomic E-state index is 0.155. The monoisotopic (exact) mass is 490 g/mol. The summed E-state index contributed by atoms with van der Waals surface area (Å²) in [6.45, 7) is 8.37. The van der Waals surface area contributed by atoms with Gasteiger partial charge in [-0.05, 0) is 60.2 Å². The van der Waals surface area contributed by atoms with Crippen LogP contribution in [0.15, 0.2) is 72.8 Å². The lowest BCUT2D eigenvalue weighted by atomic mass is 10.0. The topological polar surface area (TPSA) is 58.6 Å². The third kappa shape index (κ3) is 7.94. The molecule has 3 aromatic rings.